The van der Waals surface area contributed by atoms with E-state index in [1.54, 1.807) is 6.07 Å². The third kappa shape index (κ3) is 5.19. The van der Waals surface area contributed by atoms with Gasteiger partial charge in [-0.25, -0.2) is 0 Å². The fraction of sp³-hybridized carbons (Fsp3) is 0.455. The Bertz CT molecular complexity index is 935. The molecule has 0 bridgehead atoms. The molecule has 1 aromatic heterocycles. The highest BCUT2D eigenvalue weighted by Gasteiger charge is 2.22. The number of nitrogens with zero attached hydrogens (tertiary/aromatic N) is 1. The van der Waals surface area contributed by atoms with Crippen LogP contribution < -0.4 is 15.8 Å². The Morgan fingerprint density at radius 3 is 2.62 bits per heavy atom. The minimum atomic E-state index is -0.254. The summed E-state index contributed by atoms with van der Waals surface area (Å²) in [7, 11) is 0. The predicted molar refractivity (Wildman–Crippen MR) is 116 cm³/mol. The van der Waals surface area contributed by atoms with Crippen molar-refractivity contribution in [2.45, 2.75) is 46.2 Å². The van der Waals surface area contributed by atoms with Gasteiger partial charge in [0.1, 0.15) is 0 Å². The van der Waals surface area contributed by atoms with Crippen molar-refractivity contribution in [1.82, 2.24) is 10.3 Å². The van der Waals surface area contributed by atoms with Crippen LogP contribution in [0, 0.1) is 13.8 Å². The molecular weight excluding hydrogens is 390 g/mol. The maximum absolute atomic E-state index is 12.8. The Hall–Kier alpha value is -2.31. The topological polar surface area (TPSA) is 74.4 Å². The monoisotopic (exact) mass is 417 g/mol. The Kier molecular flexibility index (Phi) is 6.98. The summed E-state index contributed by atoms with van der Waals surface area (Å²) in [5.74, 6) is -0.254. The van der Waals surface area contributed by atoms with Gasteiger partial charge in [-0.15, -0.1) is 0 Å². The van der Waals surface area contributed by atoms with Gasteiger partial charge in [-0.05, 0) is 63.4 Å². The number of pyridine rings is 1. The van der Waals surface area contributed by atoms with Crippen molar-refractivity contribution in [1.29, 1.82) is 0 Å². The van der Waals surface area contributed by atoms with Crippen LogP contribution in [0.25, 0.3) is 0 Å². The number of carbonyl (C=O) groups excluding carboxylic acids is 1. The molecule has 0 unspecified atom stereocenters. The van der Waals surface area contributed by atoms with E-state index >= 15 is 0 Å². The average Bonchev–Trinajstić information content (AvgIpc) is 2.68. The van der Waals surface area contributed by atoms with Crippen molar-refractivity contribution in [2.24, 2.45) is 0 Å². The lowest BCUT2D eigenvalue weighted by atomic mass is 10.0. The third-order valence-corrected chi connectivity index (χ3v) is 5.59. The number of carbonyl (C=O) groups is 1. The summed E-state index contributed by atoms with van der Waals surface area (Å²) in [5.41, 5.74) is 3.46. The second-order valence-corrected chi connectivity index (χ2v) is 7.89. The van der Waals surface area contributed by atoms with Gasteiger partial charge in [-0.2, -0.15) is 0 Å². The maximum atomic E-state index is 12.8. The molecule has 1 fully saturated rings. The summed E-state index contributed by atoms with van der Waals surface area (Å²) in [6, 6.07) is 7.69. The number of ether oxygens (including phenoxy) is 1. The number of halogens is 1. The van der Waals surface area contributed by atoms with Crippen LogP contribution in [0.1, 0.15) is 46.9 Å². The first-order chi connectivity index (χ1) is 13.9. The van der Waals surface area contributed by atoms with E-state index in [9.17, 15) is 9.59 Å². The van der Waals surface area contributed by atoms with Crippen LogP contribution in [0.15, 0.2) is 29.1 Å². The van der Waals surface area contributed by atoms with Gasteiger partial charge in [-0.1, -0.05) is 11.6 Å². The van der Waals surface area contributed by atoms with E-state index in [1.807, 2.05) is 32.0 Å². The molecule has 2 aromatic rings. The largest absolute Gasteiger partial charge is 0.381 e. The number of aryl methyl sites for hydroxylation is 2. The number of aromatic nitrogens is 1. The summed E-state index contributed by atoms with van der Waals surface area (Å²) >= 11 is 6.33. The van der Waals surface area contributed by atoms with Gasteiger partial charge >= 0.3 is 0 Å². The zero-order chi connectivity index (χ0) is 21.0. The van der Waals surface area contributed by atoms with Gasteiger partial charge in [0.25, 0.3) is 11.5 Å². The molecule has 29 heavy (non-hydrogen) atoms. The fourth-order valence-corrected chi connectivity index (χ4v) is 4.12. The van der Waals surface area contributed by atoms with Crippen LogP contribution in [0.4, 0.5) is 5.69 Å². The van der Waals surface area contributed by atoms with E-state index in [1.165, 1.54) is 0 Å². The number of benzene rings is 1. The van der Waals surface area contributed by atoms with E-state index in [0.717, 1.165) is 49.5 Å². The Morgan fingerprint density at radius 2 is 1.97 bits per heavy atom. The van der Waals surface area contributed by atoms with E-state index in [2.05, 4.69) is 22.1 Å². The van der Waals surface area contributed by atoms with Crippen LogP contribution >= 0.6 is 11.6 Å². The second kappa shape index (κ2) is 9.46. The number of hydrogen-bond acceptors (Lipinski definition) is 4. The van der Waals surface area contributed by atoms with Crippen molar-refractivity contribution >= 4 is 23.2 Å². The molecule has 0 saturated carbocycles. The van der Waals surface area contributed by atoms with Gasteiger partial charge in [0.05, 0.1) is 0 Å². The number of anilines is 1. The average molecular weight is 418 g/mol. The molecule has 2 N–H and O–H groups in total. The van der Waals surface area contributed by atoms with Gasteiger partial charge in [-0.3, -0.25) is 9.59 Å². The Labute approximate surface area is 176 Å². The molecule has 1 saturated heterocycles. The van der Waals surface area contributed by atoms with Crippen LogP contribution in [-0.4, -0.2) is 36.7 Å². The summed E-state index contributed by atoms with van der Waals surface area (Å²) in [5, 5.41) is 3.37. The normalized spacial score (nSPS) is 14.6. The number of H-pyrrole nitrogens is 1. The molecule has 7 heteroatoms. The van der Waals surface area contributed by atoms with Crippen molar-refractivity contribution in [3.8, 4) is 0 Å². The highest BCUT2D eigenvalue weighted by Crippen LogP contribution is 2.27. The number of aromatic amines is 1. The highest BCUT2D eigenvalue weighted by atomic mass is 35.5. The minimum absolute atomic E-state index is 0.166. The third-order valence-electron chi connectivity index (χ3n) is 5.37. The SMILES string of the molecule is CCN(c1cc(Cl)cc(C(=O)NCc2c(C)cc(C)[nH]c2=O)c1)C1CCOCC1. The summed E-state index contributed by atoms with van der Waals surface area (Å²) < 4.78 is 5.47. The zero-order valence-corrected chi connectivity index (χ0v) is 17.9. The lowest BCUT2D eigenvalue weighted by Gasteiger charge is -2.35. The molecule has 0 spiro atoms. The molecule has 3 rings (SSSR count). The first-order valence-corrected chi connectivity index (χ1v) is 10.4. The summed E-state index contributed by atoms with van der Waals surface area (Å²) in [4.78, 5) is 30.0. The lowest BCUT2D eigenvalue weighted by Crippen LogP contribution is -2.39. The quantitative estimate of drug-likeness (QED) is 0.753. The zero-order valence-electron chi connectivity index (χ0n) is 17.2. The number of amides is 1. The van der Waals surface area contributed by atoms with Gasteiger partial charge < -0.3 is 19.9 Å². The molecular formula is C22H28ClN3O3. The Morgan fingerprint density at radius 1 is 1.24 bits per heavy atom. The number of rotatable bonds is 6. The second-order valence-electron chi connectivity index (χ2n) is 7.45. The Balaban J connectivity index is 1.78. The van der Waals surface area contributed by atoms with E-state index in [4.69, 9.17) is 16.3 Å². The molecule has 2 heterocycles. The van der Waals surface area contributed by atoms with Crippen molar-refractivity contribution in [3.63, 3.8) is 0 Å². The van der Waals surface area contributed by atoms with E-state index in [0.29, 0.717) is 22.2 Å². The molecule has 1 aliphatic rings. The minimum Gasteiger partial charge on any atom is -0.381 e. The van der Waals surface area contributed by atoms with Gasteiger partial charge in [0, 0.05) is 59.9 Å². The lowest BCUT2D eigenvalue weighted by molar-refractivity contribution is 0.0846. The predicted octanol–water partition coefficient (Wildman–Crippen LogP) is 3.58. The van der Waals surface area contributed by atoms with Crippen LogP contribution in [-0.2, 0) is 11.3 Å². The van der Waals surface area contributed by atoms with Gasteiger partial charge in [0.15, 0.2) is 0 Å². The first kappa shape index (κ1) is 21.4. The van der Waals surface area contributed by atoms with Crippen molar-refractivity contribution in [3.05, 3.63) is 62.0 Å². The molecule has 1 amide bonds. The number of hydrogen-bond donors (Lipinski definition) is 2. The number of nitrogens with one attached hydrogen (secondary N) is 2. The molecule has 156 valence electrons. The molecule has 1 aliphatic heterocycles. The molecule has 0 aliphatic carbocycles. The van der Waals surface area contributed by atoms with Crippen LogP contribution in [0.2, 0.25) is 5.02 Å². The standard InChI is InChI=1S/C22H28ClN3O3/c1-4-26(18-5-7-29-8-6-18)19-11-16(10-17(23)12-19)21(27)24-13-20-14(2)9-15(3)25-22(20)28/h9-12,18H,4-8,13H2,1-3H3,(H,24,27)(H,25,28). The molecule has 0 radical (unpaired) electrons. The molecule has 6 nitrogen and oxygen atoms in total. The van der Waals surface area contributed by atoms with E-state index < -0.39 is 0 Å². The molecule has 1 aromatic carbocycles. The maximum Gasteiger partial charge on any atom is 0.253 e. The summed E-state index contributed by atoms with van der Waals surface area (Å²) in [6.45, 7) is 8.29. The van der Waals surface area contributed by atoms with Crippen LogP contribution in [0.3, 0.4) is 0 Å². The van der Waals surface area contributed by atoms with E-state index in [-0.39, 0.29) is 18.0 Å². The van der Waals surface area contributed by atoms with Crippen LogP contribution in [0.5, 0.6) is 0 Å². The first-order valence-electron chi connectivity index (χ1n) is 10.0. The van der Waals surface area contributed by atoms with Crippen molar-refractivity contribution in [2.75, 3.05) is 24.7 Å². The van der Waals surface area contributed by atoms with Gasteiger partial charge in [0.2, 0.25) is 0 Å². The highest BCUT2D eigenvalue weighted by molar-refractivity contribution is 6.31. The fourth-order valence-electron chi connectivity index (χ4n) is 3.89. The summed E-state index contributed by atoms with van der Waals surface area (Å²) in [6.07, 6.45) is 1.91. The van der Waals surface area contributed by atoms with Crippen molar-refractivity contribution < 1.29 is 9.53 Å². The molecule has 0 atom stereocenters. The smallest absolute Gasteiger partial charge is 0.253 e.